The van der Waals surface area contributed by atoms with Gasteiger partial charge in [-0.05, 0) is 47.1 Å². The number of ether oxygens (including phenoxy) is 1. The van der Waals surface area contributed by atoms with E-state index in [0.29, 0.717) is 6.42 Å². The van der Waals surface area contributed by atoms with Crippen LogP contribution in [0.3, 0.4) is 0 Å². The number of aromatic nitrogens is 3. The first-order valence-corrected chi connectivity index (χ1v) is 11.0. The van der Waals surface area contributed by atoms with Crippen molar-refractivity contribution in [3.63, 3.8) is 0 Å². The van der Waals surface area contributed by atoms with Gasteiger partial charge in [0.25, 0.3) is 0 Å². The molecule has 2 atom stereocenters. The van der Waals surface area contributed by atoms with Crippen LogP contribution < -0.4 is 0 Å². The van der Waals surface area contributed by atoms with Crippen LogP contribution in [0.15, 0.2) is 35.3 Å². The number of aliphatic hydroxyl groups is 1. The van der Waals surface area contributed by atoms with Crippen molar-refractivity contribution in [1.82, 2.24) is 14.8 Å². The highest BCUT2D eigenvalue weighted by Crippen LogP contribution is 2.39. The predicted molar refractivity (Wildman–Crippen MR) is 120 cm³/mol. The molecule has 1 aliphatic rings. The summed E-state index contributed by atoms with van der Waals surface area (Å²) in [6.07, 6.45) is -0.654. The lowest BCUT2D eigenvalue weighted by Crippen LogP contribution is -2.28. The summed E-state index contributed by atoms with van der Waals surface area (Å²) in [6.45, 7) is 12.0. The quantitative estimate of drug-likeness (QED) is 0.618. The second kappa shape index (κ2) is 7.72. The monoisotopic (exact) mass is 424 g/mol. The Hall–Kier alpha value is -2.35. The van der Waals surface area contributed by atoms with Crippen LogP contribution in [0.4, 0.5) is 0 Å². The minimum atomic E-state index is -0.958. The Balaban J connectivity index is 1.90. The van der Waals surface area contributed by atoms with E-state index in [1.165, 1.54) is 10.4 Å². The molecule has 3 aromatic rings. The summed E-state index contributed by atoms with van der Waals surface area (Å²) in [5.74, 6) is 1.55. The summed E-state index contributed by atoms with van der Waals surface area (Å²) in [7, 11) is 0. The molecule has 0 saturated carbocycles. The Morgan fingerprint density at radius 3 is 2.50 bits per heavy atom. The average Bonchev–Trinajstić information content (AvgIpc) is 3.13. The summed E-state index contributed by atoms with van der Waals surface area (Å²) in [6, 6.07) is 9.83. The highest BCUT2D eigenvalue weighted by atomic mass is 32.1. The maximum Gasteiger partial charge on any atom is 0.163 e. The Bertz CT molecular complexity index is 1090. The molecule has 1 aromatic carbocycles. The number of benzene rings is 1. The molecule has 30 heavy (non-hydrogen) atoms. The lowest BCUT2D eigenvalue weighted by Gasteiger charge is -2.25. The molecule has 0 aliphatic carbocycles. The zero-order valence-corrected chi connectivity index (χ0v) is 19.1. The van der Waals surface area contributed by atoms with Gasteiger partial charge in [-0.3, -0.25) is 9.56 Å². The number of fused-ring (bicyclic) bond motifs is 3. The molecule has 4 rings (SSSR count). The van der Waals surface area contributed by atoms with Crippen LogP contribution in [-0.4, -0.2) is 37.5 Å². The molecular weight excluding hydrogens is 396 g/mol. The summed E-state index contributed by atoms with van der Waals surface area (Å²) in [5, 5.41) is 20.5. The Morgan fingerprint density at radius 1 is 1.13 bits per heavy atom. The molecule has 0 saturated heterocycles. The van der Waals surface area contributed by atoms with Crippen molar-refractivity contribution in [3.8, 4) is 5.00 Å². The Morgan fingerprint density at radius 2 is 1.83 bits per heavy atom. The van der Waals surface area contributed by atoms with Gasteiger partial charge >= 0.3 is 0 Å². The third kappa shape index (κ3) is 3.85. The largest absolute Gasteiger partial charge is 0.368 e. The van der Waals surface area contributed by atoms with Crippen LogP contribution in [0, 0.1) is 20.8 Å². The molecule has 0 radical (unpaired) electrons. The van der Waals surface area contributed by atoms with E-state index in [0.717, 1.165) is 33.5 Å². The van der Waals surface area contributed by atoms with Crippen molar-refractivity contribution >= 4 is 17.0 Å². The highest BCUT2D eigenvalue weighted by molar-refractivity contribution is 7.15. The van der Waals surface area contributed by atoms with Gasteiger partial charge in [0.05, 0.1) is 11.3 Å². The average molecular weight is 425 g/mol. The molecule has 0 bridgehead atoms. The first kappa shape index (κ1) is 20.9. The van der Waals surface area contributed by atoms with Gasteiger partial charge in [-0.15, -0.1) is 21.5 Å². The third-order valence-electron chi connectivity index (χ3n) is 5.20. The van der Waals surface area contributed by atoms with Gasteiger partial charge in [0.2, 0.25) is 0 Å². The van der Waals surface area contributed by atoms with Crippen molar-refractivity contribution in [2.24, 2.45) is 4.99 Å². The van der Waals surface area contributed by atoms with Gasteiger partial charge in [-0.25, -0.2) is 0 Å². The molecule has 0 spiro atoms. The lowest BCUT2D eigenvalue weighted by atomic mass is 9.99. The van der Waals surface area contributed by atoms with E-state index >= 15 is 0 Å². The third-order valence-corrected chi connectivity index (χ3v) is 6.39. The minimum Gasteiger partial charge on any atom is -0.368 e. The lowest BCUT2D eigenvalue weighted by molar-refractivity contribution is -0.170. The molecule has 0 fully saturated rings. The Labute approximate surface area is 181 Å². The fourth-order valence-corrected chi connectivity index (χ4v) is 5.00. The van der Waals surface area contributed by atoms with Crippen molar-refractivity contribution in [1.29, 1.82) is 0 Å². The van der Waals surface area contributed by atoms with Crippen LogP contribution in [0.25, 0.3) is 5.00 Å². The van der Waals surface area contributed by atoms with E-state index in [-0.39, 0.29) is 6.04 Å². The predicted octanol–water partition coefficient (Wildman–Crippen LogP) is 4.67. The summed E-state index contributed by atoms with van der Waals surface area (Å²) in [5.41, 5.74) is 3.84. The summed E-state index contributed by atoms with van der Waals surface area (Å²) >= 11 is 1.73. The minimum absolute atomic E-state index is 0.304. The van der Waals surface area contributed by atoms with E-state index in [2.05, 4.69) is 40.7 Å². The fraction of sp³-hybridized carbons (Fsp3) is 0.435. The van der Waals surface area contributed by atoms with Gasteiger partial charge in [-0.1, -0.05) is 30.3 Å². The number of rotatable bonds is 4. The van der Waals surface area contributed by atoms with E-state index in [4.69, 9.17) is 9.73 Å². The second-order valence-corrected chi connectivity index (χ2v) is 9.89. The molecule has 158 valence electrons. The van der Waals surface area contributed by atoms with Crippen LogP contribution >= 0.6 is 11.3 Å². The molecule has 7 heteroatoms. The van der Waals surface area contributed by atoms with Gasteiger partial charge in [-0.2, -0.15) is 0 Å². The van der Waals surface area contributed by atoms with Gasteiger partial charge < -0.3 is 9.84 Å². The zero-order valence-electron chi connectivity index (χ0n) is 18.3. The number of thiophene rings is 1. The normalized spacial score (nSPS) is 17.2. The topological polar surface area (TPSA) is 72.5 Å². The summed E-state index contributed by atoms with van der Waals surface area (Å²) < 4.78 is 7.87. The van der Waals surface area contributed by atoms with Crippen molar-refractivity contribution in [2.45, 2.75) is 65.9 Å². The smallest absolute Gasteiger partial charge is 0.163 e. The van der Waals surface area contributed by atoms with Crippen LogP contribution in [0.2, 0.25) is 0 Å². The maximum atomic E-state index is 10.6. The molecule has 6 nitrogen and oxygen atoms in total. The number of aliphatic imine (C=N–C) groups is 1. The van der Waals surface area contributed by atoms with Crippen LogP contribution in [0.5, 0.6) is 0 Å². The molecular formula is C23H28N4O2S. The number of nitrogens with zero attached hydrogens (tertiary/aromatic N) is 4. The van der Waals surface area contributed by atoms with E-state index in [1.54, 1.807) is 11.3 Å². The zero-order chi connectivity index (χ0) is 21.6. The summed E-state index contributed by atoms with van der Waals surface area (Å²) in [4.78, 5) is 6.39. The van der Waals surface area contributed by atoms with Gasteiger partial charge in [0.1, 0.15) is 16.9 Å². The number of hydrogen-bond donors (Lipinski definition) is 1. The van der Waals surface area contributed by atoms with Crippen molar-refractivity contribution < 1.29 is 9.84 Å². The van der Waals surface area contributed by atoms with E-state index in [9.17, 15) is 5.11 Å². The number of aliphatic hydroxyl groups excluding tert-OH is 1. The maximum absolute atomic E-state index is 10.6. The Kier molecular flexibility index (Phi) is 5.38. The molecule has 1 aliphatic heterocycles. The standard InChI is InChI=1S/C23H28N4O2S/c1-13-14(2)30-22-19(13)20(16-10-8-7-9-11-16)24-17(12-18(28)29-23(4,5)6)21-26-25-15(3)27(21)22/h7-11,17-18,28H,12H2,1-6H3. The number of hydrogen-bond acceptors (Lipinski definition) is 6. The SMILES string of the molecule is Cc1sc2c(c1C)C(c1ccccc1)=NC(CC(O)OC(C)(C)C)c1nnc(C)n1-2. The first-order chi connectivity index (χ1) is 14.2. The fourth-order valence-electron chi connectivity index (χ4n) is 3.79. The molecule has 3 heterocycles. The highest BCUT2D eigenvalue weighted by Gasteiger charge is 2.33. The van der Waals surface area contributed by atoms with Crippen molar-refractivity contribution in [2.75, 3.05) is 0 Å². The molecule has 2 aromatic heterocycles. The van der Waals surface area contributed by atoms with E-state index < -0.39 is 11.9 Å². The first-order valence-electron chi connectivity index (χ1n) is 10.2. The van der Waals surface area contributed by atoms with Gasteiger partial charge in [0, 0.05) is 22.4 Å². The second-order valence-electron chi connectivity index (χ2n) is 8.68. The van der Waals surface area contributed by atoms with Crippen LogP contribution in [0.1, 0.15) is 66.5 Å². The van der Waals surface area contributed by atoms with Crippen LogP contribution in [-0.2, 0) is 4.74 Å². The number of aryl methyl sites for hydroxylation is 2. The molecule has 2 unspecified atom stereocenters. The van der Waals surface area contributed by atoms with Crippen molar-refractivity contribution in [3.05, 3.63) is 63.5 Å². The van der Waals surface area contributed by atoms with Gasteiger partial charge in [0.15, 0.2) is 12.1 Å². The van der Waals surface area contributed by atoms with E-state index in [1.807, 2.05) is 45.9 Å². The molecule has 0 amide bonds. The molecule has 1 N–H and O–H groups in total.